The van der Waals surface area contributed by atoms with Crippen LogP contribution in [0.1, 0.15) is 48.6 Å². The number of amides is 1. The van der Waals surface area contributed by atoms with E-state index < -0.39 is 17.8 Å². The minimum absolute atomic E-state index is 0.0933. The highest BCUT2D eigenvalue weighted by Gasteiger charge is 2.44. The summed E-state index contributed by atoms with van der Waals surface area (Å²) in [5.41, 5.74) is 5.83. The lowest BCUT2D eigenvalue weighted by atomic mass is 9.95. The van der Waals surface area contributed by atoms with E-state index in [4.69, 9.17) is 14.7 Å². The molecule has 1 aliphatic carbocycles. The van der Waals surface area contributed by atoms with Crippen LogP contribution in [0.2, 0.25) is 0 Å². The zero-order valence-electron chi connectivity index (χ0n) is 25.5. The molecule has 2 atom stereocenters. The second-order valence-electron chi connectivity index (χ2n) is 12.5. The second-order valence-corrected chi connectivity index (χ2v) is 12.5. The molecule has 3 heterocycles. The van der Waals surface area contributed by atoms with Crippen LogP contribution in [0.4, 0.5) is 15.9 Å². The van der Waals surface area contributed by atoms with Gasteiger partial charge in [0.1, 0.15) is 5.82 Å². The number of aryl methyl sites for hydroxylation is 1. The summed E-state index contributed by atoms with van der Waals surface area (Å²) >= 11 is 0. The Morgan fingerprint density at radius 2 is 2.02 bits per heavy atom. The van der Waals surface area contributed by atoms with Crippen LogP contribution in [0.25, 0.3) is 0 Å². The third kappa shape index (κ3) is 6.07. The Balaban J connectivity index is 1.49. The van der Waals surface area contributed by atoms with Crippen LogP contribution in [-0.4, -0.2) is 84.6 Å². The van der Waals surface area contributed by atoms with E-state index in [0.29, 0.717) is 32.3 Å². The molecule has 5 rings (SSSR count). The van der Waals surface area contributed by atoms with Gasteiger partial charge in [-0.25, -0.2) is 4.39 Å². The van der Waals surface area contributed by atoms with E-state index in [2.05, 4.69) is 80.4 Å². The lowest BCUT2D eigenvalue weighted by Gasteiger charge is -2.43. The van der Waals surface area contributed by atoms with E-state index in [1.165, 1.54) is 21.7 Å². The van der Waals surface area contributed by atoms with Gasteiger partial charge in [0.25, 0.3) is 5.91 Å². The van der Waals surface area contributed by atoms with Gasteiger partial charge in [0.15, 0.2) is 5.83 Å². The summed E-state index contributed by atoms with van der Waals surface area (Å²) < 4.78 is 20.1. The summed E-state index contributed by atoms with van der Waals surface area (Å²) in [4.78, 5) is 30.6. The van der Waals surface area contributed by atoms with Crippen molar-refractivity contribution in [3.05, 3.63) is 53.0 Å². The average Bonchev–Trinajstić information content (AvgIpc) is 3.71. The molecular formula is C32H42FN7O2. The summed E-state index contributed by atoms with van der Waals surface area (Å²) in [6, 6.07) is 8.66. The fraction of sp³-hybridized carbons (Fsp3) is 0.562. The van der Waals surface area contributed by atoms with Gasteiger partial charge < -0.3 is 24.3 Å². The normalized spacial score (nSPS) is 21.1. The molecule has 2 aliphatic heterocycles. The van der Waals surface area contributed by atoms with E-state index in [-0.39, 0.29) is 24.4 Å². The van der Waals surface area contributed by atoms with Crippen molar-refractivity contribution in [3.8, 4) is 12.1 Å². The van der Waals surface area contributed by atoms with Gasteiger partial charge in [-0.05, 0) is 71.3 Å². The Hall–Kier alpha value is -3.71. The van der Waals surface area contributed by atoms with Gasteiger partial charge in [0.05, 0.1) is 37.4 Å². The second kappa shape index (κ2) is 11.9. The maximum atomic E-state index is 13.8. The Morgan fingerprint density at radius 1 is 1.26 bits per heavy atom. The molecule has 0 spiro atoms. The molecule has 2 fully saturated rings. The van der Waals surface area contributed by atoms with Gasteiger partial charge in [-0.1, -0.05) is 18.7 Å². The molecule has 0 N–H and O–H groups in total. The van der Waals surface area contributed by atoms with Gasteiger partial charge in [-0.2, -0.15) is 15.2 Å². The van der Waals surface area contributed by atoms with E-state index in [9.17, 15) is 14.4 Å². The van der Waals surface area contributed by atoms with Gasteiger partial charge >= 0.3 is 6.01 Å². The molecule has 0 radical (unpaired) electrons. The highest BCUT2D eigenvalue weighted by atomic mass is 19.1. The highest BCUT2D eigenvalue weighted by molar-refractivity contribution is 5.91. The third-order valence-electron chi connectivity index (χ3n) is 9.01. The SMILES string of the molecule is C=C(F)C(=O)N1CCN(c2nc(OCC3(CN(C)C)CC3)nc3c2C[C@@H](C)N(c2cccc(C)c2C)C3)CC1CC#N. The fourth-order valence-electron chi connectivity index (χ4n) is 6.42. The predicted molar refractivity (Wildman–Crippen MR) is 161 cm³/mol. The maximum Gasteiger partial charge on any atom is 0.318 e. The van der Waals surface area contributed by atoms with Crippen LogP contribution < -0.4 is 14.5 Å². The molecule has 3 aliphatic rings. The number of aromatic nitrogens is 2. The Labute approximate surface area is 248 Å². The van der Waals surface area contributed by atoms with Gasteiger partial charge in [-0.3, -0.25) is 4.79 Å². The Morgan fingerprint density at radius 3 is 2.69 bits per heavy atom. The zero-order chi connectivity index (χ0) is 30.2. The number of hydrogen-bond donors (Lipinski definition) is 0. The van der Waals surface area contributed by atoms with Crippen molar-refractivity contribution < 1.29 is 13.9 Å². The van der Waals surface area contributed by atoms with Crippen LogP contribution in [0.3, 0.4) is 0 Å². The van der Waals surface area contributed by atoms with Crippen LogP contribution in [0.15, 0.2) is 30.6 Å². The van der Waals surface area contributed by atoms with Crippen molar-refractivity contribution >= 4 is 17.4 Å². The first-order chi connectivity index (χ1) is 20.0. The van der Waals surface area contributed by atoms with Gasteiger partial charge in [0, 0.05) is 48.9 Å². The first kappa shape index (κ1) is 29.8. The number of nitriles is 1. The van der Waals surface area contributed by atoms with Crippen molar-refractivity contribution in [1.82, 2.24) is 19.8 Å². The smallest absolute Gasteiger partial charge is 0.318 e. The van der Waals surface area contributed by atoms with Crippen LogP contribution in [0.5, 0.6) is 6.01 Å². The minimum atomic E-state index is -1.01. The van der Waals surface area contributed by atoms with Crippen molar-refractivity contribution in [2.75, 3.05) is 56.7 Å². The fourth-order valence-corrected chi connectivity index (χ4v) is 6.42. The number of fused-ring (bicyclic) bond motifs is 1. The summed E-state index contributed by atoms with van der Waals surface area (Å²) in [7, 11) is 4.16. The molecule has 42 heavy (non-hydrogen) atoms. The number of anilines is 2. The number of ether oxygens (including phenoxy) is 1. The maximum absolute atomic E-state index is 13.8. The first-order valence-electron chi connectivity index (χ1n) is 14.8. The van der Waals surface area contributed by atoms with Gasteiger partial charge in [-0.15, -0.1) is 0 Å². The Bertz CT molecular complexity index is 1400. The molecule has 1 saturated carbocycles. The molecule has 2 aromatic rings. The number of carbonyl (C=O) groups excluding carboxylic acids is 1. The third-order valence-corrected chi connectivity index (χ3v) is 9.01. The molecule has 1 unspecified atom stereocenters. The molecule has 0 bridgehead atoms. The molecular weight excluding hydrogens is 533 g/mol. The lowest BCUT2D eigenvalue weighted by molar-refractivity contribution is -0.131. The number of nitrogens with zero attached hydrogens (tertiary/aromatic N) is 7. The summed E-state index contributed by atoms with van der Waals surface area (Å²) in [6.07, 6.45) is 3.07. The van der Waals surface area contributed by atoms with E-state index in [0.717, 1.165) is 42.9 Å². The van der Waals surface area contributed by atoms with Crippen molar-refractivity contribution in [1.29, 1.82) is 5.26 Å². The quantitative estimate of drug-likeness (QED) is 0.412. The van der Waals surface area contributed by atoms with Crippen LogP contribution >= 0.6 is 0 Å². The average molecular weight is 576 g/mol. The highest BCUT2D eigenvalue weighted by Crippen LogP contribution is 2.46. The molecule has 1 amide bonds. The van der Waals surface area contributed by atoms with Crippen LogP contribution in [-0.2, 0) is 17.8 Å². The molecule has 1 saturated heterocycles. The van der Waals surface area contributed by atoms with Gasteiger partial charge in [0.2, 0.25) is 0 Å². The first-order valence-corrected chi connectivity index (χ1v) is 14.8. The van der Waals surface area contributed by atoms with Crippen molar-refractivity contribution in [2.45, 2.75) is 65.1 Å². The number of carbonyl (C=O) groups is 1. The lowest BCUT2D eigenvalue weighted by Crippen LogP contribution is -2.56. The van der Waals surface area contributed by atoms with E-state index >= 15 is 0 Å². The number of rotatable bonds is 9. The molecule has 1 aromatic heterocycles. The predicted octanol–water partition coefficient (Wildman–Crippen LogP) is 4.18. The topological polar surface area (TPSA) is 88.8 Å². The molecule has 10 heteroatoms. The zero-order valence-corrected chi connectivity index (χ0v) is 25.5. The molecule has 1 aromatic carbocycles. The standard InChI is InChI=1S/C32H42FN7O2/c1-21-8-7-9-28(23(21)3)40-18-27-26(16-22(40)2)29(36-31(35-27)42-20-32(11-12-32)19-37(5)6)38-14-15-39(30(41)24(4)33)25(17-38)10-13-34/h7-9,22,25H,4,10-12,14-20H2,1-3,5-6H3/t22-,25?/m1/s1. The number of piperazine rings is 1. The monoisotopic (exact) mass is 575 g/mol. The summed E-state index contributed by atoms with van der Waals surface area (Å²) in [6.45, 7) is 12.9. The van der Waals surface area contributed by atoms with Crippen molar-refractivity contribution in [3.63, 3.8) is 0 Å². The van der Waals surface area contributed by atoms with Crippen molar-refractivity contribution in [2.24, 2.45) is 5.41 Å². The summed E-state index contributed by atoms with van der Waals surface area (Å²) in [5.74, 6) is -0.973. The summed E-state index contributed by atoms with van der Waals surface area (Å²) in [5, 5.41) is 9.50. The minimum Gasteiger partial charge on any atom is -0.463 e. The largest absolute Gasteiger partial charge is 0.463 e. The number of hydrogen-bond acceptors (Lipinski definition) is 8. The Kier molecular flexibility index (Phi) is 8.42. The number of halogens is 1. The van der Waals surface area contributed by atoms with E-state index in [1.54, 1.807) is 0 Å². The van der Waals surface area contributed by atoms with E-state index in [1.807, 2.05) is 0 Å². The van der Waals surface area contributed by atoms with Crippen LogP contribution in [0, 0.1) is 30.6 Å². The molecule has 9 nitrogen and oxygen atoms in total. The molecule has 224 valence electrons. The number of benzene rings is 1.